The summed E-state index contributed by atoms with van der Waals surface area (Å²) in [6.07, 6.45) is -1.28. The van der Waals surface area contributed by atoms with Gasteiger partial charge in [0.25, 0.3) is 0 Å². The second-order valence-electron chi connectivity index (χ2n) is 7.50. The Kier molecular flexibility index (Phi) is 5.29. The van der Waals surface area contributed by atoms with Gasteiger partial charge in [-0.15, -0.1) is 0 Å². The molecule has 0 aliphatic carbocycles. The summed E-state index contributed by atoms with van der Waals surface area (Å²) in [5, 5.41) is 20.6. The smallest absolute Gasteiger partial charge is 0.231 e. The highest BCUT2D eigenvalue weighted by Gasteiger charge is 2.42. The zero-order valence-electron chi connectivity index (χ0n) is 17.6. The molecule has 162 valence electrons. The molecule has 2 aromatic rings. The van der Waals surface area contributed by atoms with Gasteiger partial charge in [-0.25, -0.2) is 0 Å². The highest BCUT2D eigenvalue weighted by atomic mass is 16.7. The average molecular weight is 418 g/mol. The van der Waals surface area contributed by atoms with Crippen LogP contribution in [0.15, 0.2) is 18.2 Å². The second kappa shape index (κ2) is 7.77. The fourth-order valence-corrected chi connectivity index (χ4v) is 4.08. The molecule has 4 rings (SSSR count). The van der Waals surface area contributed by atoms with Crippen LogP contribution in [0.2, 0.25) is 0 Å². The SMILES string of the molecule is COc1cc(-c2c([C@@H]3O[C@H](O)[C@@H](C)[C@H]3C)cc3c(c2OC)OCO3)cc(OC)c1O. The Morgan fingerprint density at radius 1 is 0.933 bits per heavy atom. The fraction of sp³-hybridized carbons (Fsp3) is 0.455. The lowest BCUT2D eigenvalue weighted by Crippen LogP contribution is -2.14. The number of ether oxygens (including phenoxy) is 6. The number of methoxy groups -OCH3 is 3. The molecular weight excluding hydrogens is 392 g/mol. The minimum absolute atomic E-state index is 0.0322. The standard InChI is InChI=1S/C22H26O8/c1-10-11(2)22(24)30-19(10)13-8-16-20(29-9-28-16)21(27-5)17(13)12-6-14(25-3)18(23)15(7-12)26-4/h6-8,10-11,19,22-24H,9H2,1-5H3/t10-,11+,19-,22+/m1/s1. The topological polar surface area (TPSA) is 95.8 Å². The molecule has 30 heavy (non-hydrogen) atoms. The van der Waals surface area contributed by atoms with E-state index in [1.807, 2.05) is 19.9 Å². The zero-order chi connectivity index (χ0) is 21.6. The fourth-order valence-electron chi connectivity index (χ4n) is 4.08. The van der Waals surface area contributed by atoms with Crippen molar-refractivity contribution in [2.24, 2.45) is 11.8 Å². The van der Waals surface area contributed by atoms with Gasteiger partial charge in [0.15, 0.2) is 29.3 Å². The Morgan fingerprint density at radius 2 is 1.60 bits per heavy atom. The quantitative estimate of drug-likeness (QED) is 0.762. The Labute approximate surface area is 174 Å². The molecule has 4 atom stereocenters. The molecule has 0 saturated carbocycles. The summed E-state index contributed by atoms with van der Waals surface area (Å²) in [4.78, 5) is 0. The first-order valence-electron chi connectivity index (χ1n) is 9.70. The van der Waals surface area contributed by atoms with E-state index in [1.165, 1.54) is 14.2 Å². The number of phenolic OH excluding ortho intramolecular Hbond substituents is 1. The summed E-state index contributed by atoms with van der Waals surface area (Å²) in [7, 11) is 4.49. The van der Waals surface area contributed by atoms with Crippen molar-refractivity contribution in [2.45, 2.75) is 26.2 Å². The maximum atomic E-state index is 10.4. The van der Waals surface area contributed by atoms with Crippen LogP contribution < -0.4 is 23.7 Å². The van der Waals surface area contributed by atoms with Crippen molar-refractivity contribution in [3.8, 4) is 45.6 Å². The van der Waals surface area contributed by atoms with E-state index < -0.39 is 12.4 Å². The minimum atomic E-state index is -0.877. The number of aromatic hydroxyl groups is 1. The van der Waals surface area contributed by atoms with Crippen molar-refractivity contribution in [3.05, 3.63) is 23.8 Å². The molecule has 1 saturated heterocycles. The number of phenols is 1. The van der Waals surface area contributed by atoms with Crippen molar-refractivity contribution in [1.82, 2.24) is 0 Å². The van der Waals surface area contributed by atoms with Crippen LogP contribution in [0.1, 0.15) is 25.5 Å². The number of aliphatic hydroxyl groups excluding tert-OH is 1. The molecule has 0 bridgehead atoms. The monoisotopic (exact) mass is 418 g/mol. The van der Waals surface area contributed by atoms with E-state index >= 15 is 0 Å². The Hall–Kier alpha value is -2.84. The molecule has 2 N–H and O–H groups in total. The number of fused-ring (bicyclic) bond motifs is 1. The van der Waals surface area contributed by atoms with Crippen molar-refractivity contribution < 1.29 is 38.6 Å². The van der Waals surface area contributed by atoms with E-state index in [0.717, 1.165) is 5.56 Å². The number of aliphatic hydroxyl groups is 1. The molecule has 0 amide bonds. The molecule has 1 fully saturated rings. The minimum Gasteiger partial charge on any atom is -0.502 e. The van der Waals surface area contributed by atoms with Gasteiger partial charge in [0, 0.05) is 11.5 Å². The lowest BCUT2D eigenvalue weighted by Gasteiger charge is -2.23. The van der Waals surface area contributed by atoms with Crippen LogP contribution >= 0.6 is 0 Å². The number of hydrogen-bond acceptors (Lipinski definition) is 8. The molecule has 2 heterocycles. The lowest BCUT2D eigenvalue weighted by atomic mass is 9.85. The number of hydrogen-bond donors (Lipinski definition) is 2. The third-order valence-corrected chi connectivity index (χ3v) is 5.97. The van der Waals surface area contributed by atoms with Crippen LogP contribution in [0, 0.1) is 11.8 Å². The van der Waals surface area contributed by atoms with Gasteiger partial charge < -0.3 is 38.6 Å². The van der Waals surface area contributed by atoms with Crippen molar-refractivity contribution >= 4 is 0 Å². The first kappa shape index (κ1) is 20.4. The van der Waals surface area contributed by atoms with Gasteiger partial charge in [-0.05, 0) is 35.2 Å². The third kappa shape index (κ3) is 3.07. The first-order chi connectivity index (χ1) is 14.4. The van der Waals surface area contributed by atoms with E-state index in [1.54, 1.807) is 19.2 Å². The van der Waals surface area contributed by atoms with Crippen LogP contribution in [0.4, 0.5) is 0 Å². The van der Waals surface area contributed by atoms with Crippen LogP contribution in [0.5, 0.6) is 34.5 Å². The third-order valence-electron chi connectivity index (χ3n) is 5.97. The molecule has 0 unspecified atom stereocenters. The first-order valence-corrected chi connectivity index (χ1v) is 9.70. The second-order valence-corrected chi connectivity index (χ2v) is 7.50. The molecule has 2 aromatic carbocycles. The van der Waals surface area contributed by atoms with Gasteiger partial charge >= 0.3 is 0 Å². The van der Waals surface area contributed by atoms with Gasteiger partial charge in [0.1, 0.15) is 0 Å². The van der Waals surface area contributed by atoms with Crippen molar-refractivity contribution in [3.63, 3.8) is 0 Å². The summed E-state index contributed by atoms with van der Waals surface area (Å²) in [5.74, 6) is 1.90. The number of benzene rings is 2. The van der Waals surface area contributed by atoms with Crippen molar-refractivity contribution in [2.75, 3.05) is 28.1 Å². The van der Waals surface area contributed by atoms with Gasteiger partial charge in [0.2, 0.25) is 18.3 Å². The summed E-state index contributed by atoms with van der Waals surface area (Å²) >= 11 is 0. The zero-order valence-corrected chi connectivity index (χ0v) is 17.6. The molecular formula is C22H26O8. The molecule has 0 aromatic heterocycles. The normalized spacial score (nSPS) is 24.7. The maximum Gasteiger partial charge on any atom is 0.231 e. The summed E-state index contributed by atoms with van der Waals surface area (Å²) < 4.78 is 33.6. The van der Waals surface area contributed by atoms with E-state index in [2.05, 4.69) is 0 Å². The Balaban J connectivity index is 1.99. The summed E-state index contributed by atoms with van der Waals surface area (Å²) in [5.41, 5.74) is 2.15. The van der Waals surface area contributed by atoms with Crippen molar-refractivity contribution in [1.29, 1.82) is 0 Å². The Morgan fingerprint density at radius 3 is 2.13 bits per heavy atom. The van der Waals surface area contributed by atoms with E-state index in [4.69, 9.17) is 28.4 Å². The van der Waals surface area contributed by atoms with Gasteiger partial charge in [-0.2, -0.15) is 0 Å². The van der Waals surface area contributed by atoms with E-state index in [9.17, 15) is 10.2 Å². The largest absolute Gasteiger partial charge is 0.502 e. The lowest BCUT2D eigenvalue weighted by molar-refractivity contribution is -0.107. The molecule has 8 heteroatoms. The van der Waals surface area contributed by atoms with Crippen LogP contribution in [-0.4, -0.2) is 44.6 Å². The van der Waals surface area contributed by atoms with Crippen LogP contribution in [-0.2, 0) is 4.74 Å². The summed E-state index contributed by atoms with van der Waals surface area (Å²) in [6.45, 7) is 4.06. The predicted molar refractivity (Wildman–Crippen MR) is 107 cm³/mol. The molecule has 8 nitrogen and oxygen atoms in total. The van der Waals surface area contributed by atoms with Crippen LogP contribution in [0.3, 0.4) is 0 Å². The van der Waals surface area contributed by atoms with Gasteiger partial charge in [-0.3, -0.25) is 0 Å². The molecule has 2 aliphatic rings. The predicted octanol–water partition coefficient (Wildman–Crippen LogP) is 3.48. The molecule has 0 spiro atoms. The average Bonchev–Trinajstić information content (AvgIpc) is 3.32. The van der Waals surface area contributed by atoms with E-state index in [0.29, 0.717) is 28.4 Å². The summed E-state index contributed by atoms with van der Waals surface area (Å²) in [6, 6.07) is 5.25. The molecule has 0 radical (unpaired) electrons. The van der Waals surface area contributed by atoms with E-state index in [-0.39, 0.29) is 35.9 Å². The Bertz CT molecular complexity index is 932. The molecule has 2 aliphatic heterocycles. The number of rotatable bonds is 5. The maximum absolute atomic E-state index is 10.4. The highest BCUT2D eigenvalue weighted by Crippen LogP contribution is 2.55. The van der Waals surface area contributed by atoms with Gasteiger partial charge in [0.05, 0.1) is 27.4 Å². The van der Waals surface area contributed by atoms with Crippen LogP contribution in [0.25, 0.3) is 11.1 Å². The van der Waals surface area contributed by atoms with Gasteiger partial charge in [-0.1, -0.05) is 13.8 Å². The highest BCUT2D eigenvalue weighted by molar-refractivity contribution is 5.83.